The van der Waals surface area contributed by atoms with E-state index >= 15 is 0 Å². The molecule has 0 bridgehead atoms. The van der Waals surface area contributed by atoms with Gasteiger partial charge in [-0.2, -0.15) is 0 Å². The standard InChI is InChI=1S/C20H46O4S4Si2/c1-7-11-15-21-19(29-5,22-16-12-8-2)25-27-28-26-20(30-6,23-17-13-9-3)24-18-14-10-4/h7-18,29-30H2,1-6H3. The summed E-state index contributed by atoms with van der Waals surface area (Å²) in [6, 6.07) is 0. The summed E-state index contributed by atoms with van der Waals surface area (Å²) in [7, 11) is 6.02. The predicted molar refractivity (Wildman–Crippen MR) is 148 cm³/mol. The van der Waals surface area contributed by atoms with Crippen molar-refractivity contribution in [3.05, 3.63) is 0 Å². The third-order valence-corrected chi connectivity index (χ3v) is 17.4. The Bertz CT molecular complexity index is 331. The molecular formula is C20H46O4S4Si2. The summed E-state index contributed by atoms with van der Waals surface area (Å²) < 4.78 is 24.3. The molecule has 0 aromatic carbocycles. The minimum Gasteiger partial charge on any atom is -0.345 e. The predicted octanol–water partition coefficient (Wildman–Crippen LogP) is 6.59. The second-order valence-corrected chi connectivity index (χ2v) is 17.6. The average molecular weight is 535 g/mol. The van der Waals surface area contributed by atoms with Crippen molar-refractivity contribution in [3.8, 4) is 0 Å². The Morgan fingerprint density at radius 3 is 1.00 bits per heavy atom. The van der Waals surface area contributed by atoms with Crippen LogP contribution in [0.15, 0.2) is 0 Å². The summed E-state index contributed by atoms with van der Waals surface area (Å²) in [4.78, 5) is 0. The molecule has 0 radical (unpaired) electrons. The molecule has 0 rings (SSSR count). The highest BCUT2D eigenvalue weighted by molar-refractivity contribution is 9.26. The Morgan fingerprint density at radius 1 is 0.533 bits per heavy atom. The summed E-state index contributed by atoms with van der Waals surface area (Å²) >= 11 is 0. The van der Waals surface area contributed by atoms with E-state index in [2.05, 4.69) is 40.8 Å². The van der Waals surface area contributed by atoms with Gasteiger partial charge < -0.3 is 18.9 Å². The molecule has 0 saturated carbocycles. The van der Waals surface area contributed by atoms with E-state index in [9.17, 15) is 0 Å². The van der Waals surface area contributed by atoms with Gasteiger partial charge in [-0.25, -0.2) is 0 Å². The molecule has 0 aromatic heterocycles. The number of rotatable bonds is 23. The maximum atomic E-state index is 6.29. The van der Waals surface area contributed by atoms with E-state index in [-0.39, 0.29) is 0 Å². The Balaban J connectivity index is 4.80. The van der Waals surface area contributed by atoms with E-state index in [1.54, 1.807) is 41.2 Å². The van der Waals surface area contributed by atoms with E-state index < -0.39 is 28.5 Å². The van der Waals surface area contributed by atoms with Gasteiger partial charge in [0.05, 0.1) is 26.4 Å². The highest BCUT2D eigenvalue weighted by Gasteiger charge is 2.34. The lowest BCUT2D eigenvalue weighted by molar-refractivity contribution is -0.118. The molecule has 0 spiro atoms. The van der Waals surface area contributed by atoms with Crippen LogP contribution in [0.2, 0.25) is 13.1 Å². The van der Waals surface area contributed by atoms with E-state index in [1.807, 2.05) is 0 Å². The second kappa shape index (κ2) is 21.2. The van der Waals surface area contributed by atoms with Crippen LogP contribution >= 0.6 is 41.2 Å². The van der Waals surface area contributed by atoms with Crippen molar-refractivity contribution in [3.63, 3.8) is 0 Å². The van der Waals surface area contributed by atoms with Crippen LogP contribution in [-0.2, 0) is 18.9 Å². The van der Waals surface area contributed by atoms with Gasteiger partial charge >= 0.3 is 0 Å². The fraction of sp³-hybridized carbons (Fsp3) is 1.00. The van der Waals surface area contributed by atoms with Gasteiger partial charge in [0.25, 0.3) is 0 Å². The molecule has 0 N–H and O–H groups in total. The topological polar surface area (TPSA) is 36.9 Å². The zero-order valence-electron chi connectivity index (χ0n) is 20.2. The fourth-order valence-corrected chi connectivity index (χ4v) is 15.4. The zero-order valence-corrected chi connectivity index (χ0v) is 26.3. The number of ether oxygens (including phenoxy) is 4. The largest absolute Gasteiger partial charge is 0.345 e. The van der Waals surface area contributed by atoms with Crippen LogP contribution in [0.5, 0.6) is 0 Å². The first-order valence-electron chi connectivity index (χ1n) is 11.8. The van der Waals surface area contributed by atoms with E-state index in [0.717, 1.165) is 77.8 Å². The highest BCUT2D eigenvalue weighted by Crippen LogP contribution is 2.53. The number of hydrogen-bond donors (Lipinski definition) is 0. The molecule has 0 saturated heterocycles. The average Bonchev–Trinajstić information content (AvgIpc) is 2.76. The van der Waals surface area contributed by atoms with Crippen molar-refractivity contribution in [1.29, 1.82) is 0 Å². The minimum absolute atomic E-state index is 0.430. The molecule has 30 heavy (non-hydrogen) atoms. The van der Waals surface area contributed by atoms with Crippen molar-refractivity contribution < 1.29 is 18.9 Å². The summed E-state index contributed by atoms with van der Waals surface area (Å²) in [5.74, 6) is 0. The van der Waals surface area contributed by atoms with Gasteiger partial charge in [0.1, 0.15) is 19.0 Å². The molecule has 0 fully saturated rings. The van der Waals surface area contributed by atoms with Crippen molar-refractivity contribution in [1.82, 2.24) is 0 Å². The van der Waals surface area contributed by atoms with Crippen LogP contribution in [0, 0.1) is 0 Å². The lowest BCUT2D eigenvalue weighted by Gasteiger charge is -2.33. The maximum Gasteiger partial charge on any atom is 0.200 e. The monoisotopic (exact) mass is 534 g/mol. The normalized spacial score (nSPS) is 13.4. The molecule has 10 heteroatoms. The van der Waals surface area contributed by atoms with Gasteiger partial charge in [-0.1, -0.05) is 66.5 Å². The van der Waals surface area contributed by atoms with Gasteiger partial charge in [-0.3, -0.25) is 0 Å². The van der Waals surface area contributed by atoms with Crippen molar-refractivity contribution in [2.45, 2.75) is 102 Å². The Labute approximate surface area is 206 Å². The van der Waals surface area contributed by atoms with E-state index in [4.69, 9.17) is 18.9 Å². The summed E-state index contributed by atoms with van der Waals surface area (Å²) in [6.45, 7) is 16.5. The molecule has 0 unspecified atom stereocenters. The maximum absolute atomic E-state index is 6.29. The molecule has 0 aliphatic heterocycles. The Morgan fingerprint density at radius 2 is 0.800 bits per heavy atom. The second-order valence-electron chi connectivity index (χ2n) is 7.18. The smallest absolute Gasteiger partial charge is 0.200 e. The zero-order chi connectivity index (χ0) is 22.6. The molecule has 0 aliphatic carbocycles. The third kappa shape index (κ3) is 14.7. The quantitative estimate of drug-likeness (QED) is 0.0629. The fourth-order valence-electron chi connectivity index (χ4n) is 2.33. The number of hydrogen-bond acceptors (Lipinski definition) is 8. The lowest BCUT2D eigenvalue weighted by Crippen LogP contribution is -2.38. The van der Waals surface area contributed by atoms with Crippen LogP contribution in [0.1, 0.15) is 79.1 Å². The summed E-state index contributed by atoms with van der Waals surface area (Å²) in [5, 5.41) is 0. The highest BCUT2D eigenvalue weighted by atomic mass is 33.7. The third-order valence-electron chi connectivity index (χ3n) is 4.50. The first-order valence-corrected chi connectivity index (χ1v) is 20.9. The lowest BCUT2D eigenvalue weighted by atomic mass is 10.4. The Hall–Kier alpha value is 1.67. The van der Waals surface area contributed by atoms with Gasteiger partial charge in [-0.05, 0) is 66.9 Å². The van der Waals surface area contributed by atoms with Gasteiger partial charge in [0.2, 0.25) is 9.48 Å². The molecular weight excluding hydrogens is 489 g/mol. The van der Waals surface area contributed by atoms with Crippen LogP contribution < -0.4 is 0 Å². The summed E-state index contributed by atoms with van der Waals surface area (Å²) in [5.41, 5.74) is 0. The van der Waals surface area contributed by atoms with Crippen LogP contribution in [0.3, 0.4) is 0 Å². The minimum atomic E-state index is -0.514. The molecule has 0 aromatic rings. The van der Waals surface area contributed by atoms with Crippen LogP contribution in [-0.4, -0.2) is 55.0 Å². The van der Waals surface area contributed by atoms with E-state index in [0.29, 0.717) is 0 Å². The van der Waals surface area contributed by atoms with E-state index in [1.165, 1.54) is 0 Å². The van der Waals surface area contributed by atoms with Crippen molar-refractivity contribution in [2.24, 2.45) is 0 Å². The van der Waals surface area contributed by atoms with Crippen LogP contribution in [0.25, 0.3) is 0 Å². The molecule has 0 amide bonds. The SMILES string of the molecule is CCCCOC(OCCCC)([SiH2]C)SSSSC(OCCCC)(OCCCC)[SiH2]C. The van der Waals surface area contributed by atoms with Crippen molar-refractivity contribution >= 4 is 60.3 Å². The first kappa shape index (κ1) is 31.7. The molecule has 0 atom stereocenters. The molecule has 182 valence electrons. The molecule has 4 nitrogen and oxygen atoms in total. The van der Waals surface area contributed by atoms with Gasteiger partial charge in [0, 0.05) is 0 Å². The first-order chi connectivity index (χ1) is 14.6. The van der Waals surface area contributed by atoms with Gasteiger partial charge in [0.15, 0.2) is 0 Å². The van der Waals surface area contributed by atoms with Gasteiger partial charge in [-0.15, -0.1) is 0 Å². The van der Waals surface area contributed by atoms with Crippen LogP contribution in [0.4, 0.5) is 0 Å². The molecule has 0 heterocycles. The van der Waals surface area contributed by atoms with Crippen molar-refractivity contribution in [2.75, 3.05) is 26.4 Å². The number of unbranched alkanes of at least 4 members (excludes halogenated alkanes) is 4. The Kier molecular flexibility index (Phi) is 22.4. The summed E-state index contributed by atoms with van der Waals surface area (Å²) in [6.07, 6.45) is 8.92. The molecule has 0 aliphatic rings.